The van der Waals surface area contributed by atoms with Crippen LogP contribution in [0.1, 0.15) is 35.2 Å². The van der Waals surface area contributed by atoms with E-state index in [1.807, 2.05) is 48.6 Å². The Bertz CT molecular complexity index is 1610. The van der Waals surface area contributed by atoms with Crippen LogP contribution in [0, 0.1) is 12.7 Å². The van der Waals surface area contributed by atoms with Gasteiger partial charge in [0.25, 0.3) is 0 Å². The van der Waals surface area contributed by atoms with Gasteiger partial charge in [0.2, 0.25) is 0 Å². The normalized spacial score (nSPS) is 11.5. The topological polar surface area (TPSA) is 98.0 Å². The summed E-state index contributed by atoms with van der Waals surface area (Å²) in [5.41, 5.74) is 3.26. The number of hydrogen-bond acceptors (Lipinski definition) is 4. The highest BCUT2D eigenvalue weighted by molar-refractivity contribution is 6.30. The van der Waals surface area contributed by atoms with Crippen LogP contribution in [0.4, 0.5) is 4.39 Å². The van der Waals surface area contributed by atoms with Gasteiger partial charge in [0.1, 0.15) is 37.1 Å². The minimum absolute atomic E-state index is 0.0546. The van der Waals surface area contributed by atoms with E-state index in [-0.39, 0.29) is 13.0 Å². The predicted molar refractivity (Wildman–Crippen MR) is 162 cm³/mol. The van der Waals surface area contributed by atoms with Crippen LogP contribution in [0.15, 0.2) is 72.8 Å². The molecule has 1 aromatic heterocycles. The first-order chi connectivity index (χ1) is 20.2. The van der Waals surface area contributed by atoms with Crippen molar-refractivity contribution in [3.05, 3.63) is 106 Å². The first-order valence-corrected chi connectivity index (χ1v) is 13.8. The van der Waals surface area contributed by atoms with E-state index < -0.39 is 17.8 Å². The summed E-state index contributed by atoms with van der Waals surface area (Å²) >= 11 is 5.87. The molecule has 0 aliphatic carbocycles. The second kappa shape index (κ2) is 14.4. The second-order valence-electron chi connectivity index (χ2n) is 9.60. The number of nitrogens with zero attached hydrogens (tertiary/aromatic N) is 1. The number of benzene rings is 3. The van der Waals surface area contributed by atoms with Crippen molar-refractivity contribution in [2.45, 2.75) is 32.7 Å². The zero-order chi connectivity index (χ0) is 30.1. The van der Waals surface area contributed by atoms with Gasteiger partial charge in [0, 0.05) is 22.5 Å². The van der Waals surface area contributed by atoms with Crippen LogP contribution in [0.2, 0.25) is 5.02 Å². The maximum Gasteiger partial charge on any atom is 0.323 e. The number of rotatable bonds is 14. The Labute approximate surface area is 248 Å². The van der Waals surface area contributed by atoms with Gasteiger partial charge in [-0.1, -0.05) is 35.9 Å². The van der Waals surface area contributed by atoms with Crippen molar-refractivity contribution in [1.82, 2.24) is 4.57 Å². The smallest absolute Gasteiger partial charge is 0.323 e. The number of carboxylic acid groups (broad SMARTS) is 2. The van der Waals surface area contributed by atoms with E-state index in [0.29, 0.717) is 64.6 Å². The fourth-order valence-corrected chi connectivity index (χ4v) is 4.80. The minimum atomic E-state index is -1.05. The number of fused-ring (bicyclic) bond motifs is 1. The van der Waals surface area contributed by atoms with Gasteiger partial charge in [-0.2, -0.15) is 0 Å². The quantitative estimate of drug-likeness (QED) is 0.117. The van der Waals surface area contributed by atoms with Crippen molar-refractivity contribution in [2.75, 3.05) is 13.2 Å². The summed E-state index contributed by atoms with van der Waals surface area (Å²) < 4.78 is 28.0. The molecule has 3 aromatic carbocycles. The number of aryl methyl sites for hydroxylation is 1. The van der Waals surface area contributed by atoms with E-state index in [1.165, 1.54) is 6.07 Å². The Balaban J connectivity index is 1.44. The molecule has 9 heteroatoms. The Hall–Kier alpha value is -4.56. The average Bonchev–Trinajstić information content (AvgIpc) is 3.23. The molecular weight excluding hydrogens is 561 g/mol. The summed E-state index contributed by atoms with van der Waals surface area (Å²) in [6, 6.07) is 17.6. The second-order valence-corrected chi connectivity index (χ2v) is 10.0. The average molecular weight is 592 g/mol. The predicted octanol–water partition coefficient (Wildman–Crippen LogP) is 7.42. The number of carboxylic acids is 2. The van der Waals surface area contributed by atoms with Crippen molar-refractivity contribution >= 4 is 46.6 Å². The van der Waals surface area contributed by atoms with Gasteiger partial charge in [0.05, 0.1) is 5.52 Å². The summed E-state index contributed by atoms with van der Waals surface area (Å²) in [5.74, 6) is -1.02. The lowest BCUT2D eigenvalue weighted by Crippen LogP contribution is -2.10. The zero-order valence-electron chi connectivity index (χ0n) is 23.1. The highest BCUT2D eigenvalue weighted by Gasteiger charge is 2.21. The van der Waals surface area contributed by atoms with Crippen molar-refractivity contribution in [2.24, 2.45) is 0 Å². The van der Waals surface area contributed by atoms with Crippen LogP contribution in [0.25, 0.3) is 23.1 Å². The Morgan fingerprint density at radius 3 is 2.10 bits per heavy atom. The molecule has 218 valence electrons. The van der Waals surface area contributed by atoms with Crippen LogP contribution in [-0.4, -0.2) is 39.9 Å². The third-order valence-corrected chi connectivity index (χ3v) is 6.94. The lowest BCUT2D eigenvalue weighted by molar-refractivity contribution is -0.138. The molecule has 0 unspecified atom stereocenters. The van der Waals surface area contributed by atoms with E-state index in [0.717, 1.165) is 11.3 Å². The molecule has 0 aliphatic heterocycles. The lowest BCUT2D eigenvalue weighted by Gasteiger charge is -2.08. The molecule has 1 heterocycles. The van der Waals surface area contributed by atoms with Crippen LogP contribution in [-0.2, 0) is 22.6 Å². The minimum Gasteiger partial charge on any atom is -0.490 e. The summed E-state index contributed by atoms with van der Waals surface area (Å²) in [5, 5.41) is 19.5. The van der Waals surface area contributed by atoms with Crippen molar-refractivity contribution in [3.63, 3.8) is 0 Å². The Morgan fingerprint density at radius 2 is 1.50 bits per heavy atom. The van der Waals surface area contributed by atoms with Crippen LogP contribution in [0.5, 0.6) is 11.5 Å². The summed E-state index contributed by atoms with van der Waals surface area (Å²) in [4.78, 5) is 22.7. The number of aliphatic carboxylic acids is 2. The molecule has 42 heavy (non-hydrogen) atoms. The Morgan fingerprint density at radius 1 is 0.881 bits per heavy atom. The zero-order valence-corrected chi connectivity index (χ0v) is 23.8. The Kier molecular flexibility index (Phi) is 10.4. The molecule has 7 nitrogen and oxygen atoms in total. The van der Waals surface area contributed by atoms with Gasteiger partial charge in [-0.25, -0.2) is 4.39 Å². The van der Waals surface area contributed by atoms with Crippen molar-refractivity contribution in [3.8, 4) is 11.5 Å². The highest BCUT2D eigenvalue weighted by Crippen LogP contribution is 2.33. The highest BCUT2D eigenvalue weighted by atomic mass is 35.5. The SMILES string of the molecule is Cc1c(CCCC(=O)O)c2c(F)ccc(/C=C/c3ccc(OC/C=C/COc4ccc(Cl)cc4)cc3)c2n1CC(=O)O. The molecule has 0 fully saturated rings. The summed E-state index contributed by atoms with van der Waals surface area (Å²) in [6.45, 7) is 2.19. The molecule has 4 rings (SSSR count). The molecule has 0 aliphatic rings. The molecule has 2 N–H and O–H groups in total. The maximum absolute atomic E-state index is 15.1. The van der Waals surface area contributed by atoms with E-state index >= 15 is 4.39 Å². The molecule has 0 saturated carbocycles. The molecule has 0 radical (unpaired) electrons. The molecule has 0 atom stereocenters. The molecule has 0 amide bonds. The molecule has 0 saturated heterocycles. The summed E-state index contributed by atoms with van der Waals surface area (Å²) in [7, 11) is 0. The number of ether oxygens (including phenoxy) is 2. The van der Waals surface area contributed by atoms with E-state index in [2.05, 4.69) is 0 Å². The van der Waals surface area contributed by atoms with Crippen molar-refractivity contribution in [1.29, 1.82) is 0 Å². The molecule has 4 aromatic rings. The third kappa shape index (κ3) is 8.01. The fraction of sp³-hybridized carbons (Fsp3) is 0.212. The third-order valence-electron chi connectivity index (χ3n) is 6.69. The first kappa shape index (κ1) is 30.4. The van der Waals surface area contributed by atoms with Gasteiger partial charge in [-0.05, 0) is 97.1 Å². The van der Waals surface area contributed by atoms with E-state index in [4.69, 9.17) is 26.2 Å². The number of aromatic nitrogens is 1. The van der Waals surface area contributed by atoms with Gasteiger partial charge in [-0.3, -0.25) is 9.59 Å². The lowest BCUT2D eigenvalue weighted by atomic mass is 10.0. The fourth-order valence-electron chi connectivity index (χ4n) is 4.68. The number of hydrogen-bond donors (Lipinski definition) is 2. The van der Waals surface area contributed by atoms with Crippen LogP contribution >= 0.6 is 11.6 Å². The molecule has 0 spiro atoms. The molecular formula is C33H31ClFNO6. The maximum atomic E-state index is 15.1. The first-order valence-electron chi connectivity index (χ1n) is 13.4. The van der Waals surface area contributed by atoms with Crippen molar-refractivity contribution < 1.29 is 33.7 Å². The standard InChI is InChI=1S/C33H31ClFNO6/c1-22-28(5-4-6-30(37)38)32-29(35)18-11-24(33(32)36(22)21-31(39)40)10-7-23-8-14-26(15-9-23)41-19-2-3-20-42-27-16-12-25(34)13-17-27/h2-3,7-18H,4-6,19-21H2,1H3,(H,37,38)(H,39,40)/b3-2+,10-7+. The monoisotopic (exact) mass is 591 g/mol. The van der Waals surface area contributed by atoms with E-state index in [9.17, 15) is 14.7 Å². The van der Waals surface area contributed by atoms with Crippen LogP contribution in [0.3, 0.4) is 0 Å². The van der Waals surface area contributed by atoms with Gasteiger partial charge >= 0.3 is 11.9 Å². The van der Waals surface area contributed by atoms with Crippen LogP contribution < -0.4 is 9.47 Å². The number of carbonyl (C=O) groups is 2. The van der Waals surface area contributed by atoms with E-state index in [1.54, 1.807) is 41.8 Å². The van der Waals surface area contributed by atoms with Gasteiger partial charge in [-0.15, -0.1) is 0 Å². The largest absolute Gasteiger partial charge is 0.490 e. The summed E-state index contributed by atoms with van der Waals surface area (Å²) in [6.07, 6.45) is 8.02. The van der Waals surface area contributed by atoms with Gasteiger partial charge in [0.15, 0.2) is 0 Å². The molecule has 0 bridgehead atoms. The van der Waals surface area contributed by atoms with Gasteiger partial charge < -0.3 is 24.3 Å². The number of halogens is 2.